The monoisotopic (exact) mass is 193 g/mol. The molecule has 1 saturated heterocycles. The van der Waals surface area contributed by atoms with Gasteiger partial charge in [-0.15, -0.1) is 0 Å². The lowest BCUT2D eigenvalue weighted by Gasteiger charge is -2.58. The fraction of sp³-hybridized carbons (Fsp3) is 1.00. The Labute approximate surface area is 75.9 Å². The summed E-state index contributed by atoms with van der Waals surface area (Å²) in [6.45, 7) is 2.77. The molecule has 2 fully saturated rings. The zero-order valence-corrected chi connectivity index (χ0v) is 7.69. The van der Waals surface area contributed by atoms with Crippen molar-refractivity contribution in [3.8, 4) is 0 Å². The molecule has 2 rings (SSSR count). The van der Waals surface area contributed by atoms with Gasteiger partial charge in [-0.2, -0.15) is 13.2 Å². The van der Waals surface area contributed by atoms with E-state index in [1.807, 2.05) is 0 Å². The van der Waals surface area contributed by atoms with E-state index in [0.29, 0.717) is 13.1 Å². The second-order valence-corrected chi connectivity index (χ2v) is 4.77. The van der Waals surface area contributed by atoms with Gasteiger partial charge in [0.1, 0.15) is 0 Å². The first kappa shape index (κ1) is 9.31. The molecular weight excluding hydrogens is 179 g/mol. The molecule has 1 saturated carbocycles. The van der Waals surface area contributed by atoms with E-state index < -0.39 is 12.7 Å². The Morgan fingerprint density at radius 3 is 2.23 bits per heavy atom. The molecule has 13 heavy (non-hydrogen) atoms. The molecule has 0 N–H and O–H groups in total. The molecule has 0 aromatic heterocycles. The lowest BCUT2D eigenvalue weighted by Crippen LogP contribution is -2.63. The van der Waals surface area contributed by atoms with E-state index in [9.17, 15) is 13.2 Å². The second kappa shape index (κ2) is 2.62. The Balaban J connectivity index is 1.73. The van der Waals surface area contributed by atoms with E-state index in [1.165, 1.54) is 4.90 Å². The molecule has 0 bridgehead atoms. The normalized spacial score (nSPS) is 28.6. The maximum absolute atomic E-state index is 11.9. The van der Waals surface area contributed by atoms with E-state index in [4.69, 9.17) is 0 Å². The molecule has 0 aromatic rings. The van der Waals surface area contributed by atoms with Crippen LogP contribution < -0.4 is 0 Å². The summed E-state index contributed by atoms with van der Waals surface area (Å²) in [5, 5.41) is 0. The number of halogens is 3. The minimum absolute atomic E-state index is 0.282. The van der Waals surface area contributed by atoms with Crippen molar-refractivity contribution in [2.45, 2.75) is 25.9 Å². The summed E-state index contributed by atoms with van der Waals surface area (Å²) >= 11 is 0. The number of nitrogens with zero attached hydrogens (tertiary/aromatic N) is 1. The summed E-state index contributed by atoms with van der Waals surface area (Å²) in [5.41, 5.74) is 0.282. The summed E-state index contributed by atoms with van der Waals surface area (Å²) in [4.78, 5) is 1.51. The topological polar surface area (TPSA) is 3.24 Å². The van der Waals surface area contributed by atoms with Crippen LogP contribution in [0.5, 0.6) is 0 Å². The van der Waals surface area contributed by atoms with E-state index in [0.717, 1.165) is 18.8 Å². The molecule has 1 aliphatic heterocycles. The molecule has 0 amide bonds. The first-order valence-electron chi connectivity index (χ1n) is 4.68. The van der Waals surface area contributed by atoms with Crippen LogP contribution in [0, 0.1) is 11.3 Å². The molecule has 1 aliphatic carbocycles. The molecule has 0 aromatic carbocycles. The number of alkyl halides is 3. The highest BCUT2D eigenvalue weighted by atomic mass is 19.4. The summed E-state index contributed by atoms with van der Waals surface area (Å²) in [7, 11) is 0. The van der Waals surface area contributed by atoms with Crippen LogP contribution in [0.3, 0.4) is 0 Å². The zero-order chi connectivity index (χ0) is 9.69. The summed E-state index contributed by atoms with van der Waals surface area (Å²) in [6.07, 6.45) is -1.76. The number of hydrogen-bond donors (Lipinski definition) is 0. The Kier molecular flexibility index (Phi) is 1.88. The van der Waals surface area contributed by atoms with Crippen LogP contribution >= 0.6 is 0 Å². The molecule has 1 spiro atoms. The van der Waals surface area contributed by atoms with Crippen LogP contribution in [-0.2, 0) is 0 Å². The van der Waals surface area contributed by atoms with Gasteiger partial charge in [-0.25, -0.2) is 0 Å². The SMILES string of the molecule is CC1CC2(C1)CN(CC(F)(F)F)C2. The Morgan fingerprint density at radius 2 is 1.85 bits per heavy atom. The molecular formula is C9H14F3N. The molecule has 0 radical (unpaired) electrons. The van der Waals surface area contributed by atoms with Crippen LogP contribution in [0.1, 0.15) is 19.8 Å². The molecule has 4 heteroatoms. The van der Waals surface area contributed by atoms with Crippen molar-refractivity contribution in [2.75, 3.05) is 19.6 Å². The van der Waals surface area contributed by atoms with Gasteiger partial charge in [-0.1, -0.05) is 6.92 Å². The van der Waals surface area contributed by atoms with Crippen molar-refractivity contribution in [1.82, 2.24) is 4.90 Å². The van der Waals surface area contributed by atoms with Gasteiger partial charge in [0.25, 0.3) is 0 Å². The molecule has 1 heterocycles. The van der Waals surface area contributed by atoms with Crippen molar-refractivity contribution in [3.05, 3.63) is 0 Å². The zero-order valence-electron chi connectivity index (χ0n) is 7.69. The predicted molar refractivity (Wildman–Crippen MR) is 43.3 cm³/mol. The molecule has 0 atom stereocenters. The van der Waals surface area contributed by atoms with E-state index >= 15 is 0 Å². The Hall–Kier alpha value is -0.250. The lowest BCUT2D eigenvalue weighted by atomic mass is 9.58. The standard InChI is InChI=1S/C9H14F3N/c1-7-2-8(3-7)4-13(5-8)6-9(10,11)12/h7H,2-6H2,1H3. The highest BCUT2D eigenvalue weighted by Gasteiger charge is 2.52. The van der Waals surface area contributed by atoms with E-state index in [2.05, 4.69) is 6.92 Å². The van der Waals surface area contributed by atoms with Crippen molar-refractivity contribution in [1.29, 1.82) is 0 Å². The quantitative estimate of drug-likeness (QED) is 0.617. The Bertz CT molecular complexity index is 197. The van der Waals surface area contributed by atoms with Crippen LogP contribution in [0.2, 0.25) is 0 Å². The van der Waals surface area contributed by atoms with Crippen LogP contribution in [0.15, 0.2) is 0 Å². The van der Waals surface area contributed by atoms with Gasteiger partial charge >= 0.3 is 6.18 Å². The first-order chi connectivity index (χ1) is 5.89. The van der Waals surface area contributed by atoms with Gasteiger partial charge in [-0.3, -0.25) is 4.90 Å². The Morgan fingerprint density at radius 1 is 1.31 bits per heavy atom. The second-order valence-electron chi connectivity index (χ2n) is 4.77. The van der Waals surface area contributed by atoms with Gasteiger partial charge < -0.3 is 0 Å². The number of likely N-dealkylation sites (tertiary alicyclic amines) is 1. The third kappa shape index (κ3) is 1.82. The predicted octanol–water partition coefficient (Wildman–Crippen LogP) is 2.28. The number of rotatable bonds is 1. The summed E-state index contributed by atoms with van der Waals surface area (Å²) in [5.74, 6) is 0.730. The van der Waals surface area contributed by atoms with Crippen LogP contribution in [-0.4, -0.2) is 30.7 Å². The van der Waals surface area contributed by atoms with Crippen molar-refractivity contribution < 1.29 is 13.2 Å². The van der Waals surface area contributed by atoms with Gasteiger partial charge in [0, 0.05) is 13.1 Å². The average molecular weight is 193 g/mol. The lowest BCUT2D eigenvalue weighted by molar-refractivity contribution is -0.184. The molecule has 1 nitrogen and oxygen atoms in total. The minimum atomic E-state index is -4.02. The van der Waals surface area contributed by atoms with Crippen LogP contribution in [0.25, 0.3) is 0 Å². The van der Waals surface area contributed by atoms with E-state index in [1.54, 1.807) is 0 Å². The highest BCUT2D eigenvalue weighted by Crippen LogP contribution is 2.51. The maximum atomic E-state index is 11.9. The summed E-state index contributed by atoms with van der Waals surface area (Å²) < 4.78 is 35.8. The van der Waals surface area contributed by atoms with E-state index in [-0.39, 0.29) is 5.41 Å². The van der Waals surface area contributed by atoms with Crippen LogP contribution in [0.4, 0.5) is 13.2 Å². The highest BCUT2D eigenvalue weighted by molar-refractivity contribution is 5.03. The van der Waals surface area contributed by atoms with Gasteiger partial charge in [0.2, 0.25) is 0 Å². The first-order valence-corrected chi connectivity index (χ1v) is 4.68. The van der Waals surface area contributed by atoms with Gasteiger partial charge in [0.05, 0.1) is 6.54 Å². The van der Waals surface area contributed by atoms with Crippen molar-refractivity contribution >= 4 is 0 Å². The van der Waals surface area contributed by atoms with Gasteiger partial charge in [-0.05, 0) is 24.2 Å². The molecule has 0 unspecified atom stereocenters. The third-order valence-corrected chi connectivity index (χ3v) is 3.08. The van der Waals surface area contributed by atoms with Crippen molar-refractivity contribution in [3.63, 3.8) is 0 Å². The largest absolute Gasteiger partial charge is 0.401 e. The van der Waals surface area contributed by atoms with Gasteiger partial charge in [0.15, 0.2) is 0 Å². The third-order valence-electron chi connectivity index (χ3n) is 3.08. The summed E-state index contributed by atoms with van der Waals surface area (Å²) in [6, 6.07) is 0. The van der Waals surface area contributed by atoms with Crippen molar-refractivity contribution in [2.24, 2.45) is 11.3 Å². The average Bonchev–Trinajstić information content (AvgIpc) is 1.76. The number of hydrogen-bond acceptors (Lipinski definition) is 1. The molecule has 2 aliphatic rings. The fourth-order valence-electron chi connectivity index (χ4n) is 2.94. The maximum Gasteiger partial charge on any atom is 0.401 e. The minimum Gasteiger partial charge on any atom is -0.294 e. The molecule has 76 valence electrons. The fourth-order valence-corrected chi connectivity index (χ4v) is 2.94. The smallest absolute Gasteiger partial charge is 0.294 e.